The normalized spacial score (nSPS) is 16.9. The van der Waals surface area contributed by atoms with Crippen molar-refractivity contribution in [3.05, 3.63) is 0 Å². The average Bonchev–Trinajstić information content (AvgIpc) is 1.60. The molecule has 0 saturated heterocycles. The monoisotopic (exact) mass is 147 g/mol. The van der Waals surface area contributed by atoms with Crippen molar-refractivity contribution >= 4 is 5.97 Å². The van der Waals surface area contributed by atoms with Crippen LogP contribution in [0.25, 0.3) is 0 Å². The molecule has 0 radical (unpaired) electrons. The number of carboxylic acids is 1. The Morgan fingerprint density at radius 1 is 1.60 bits per heavy atom. The predicted molar refractivity (Wildman–Crippen MR) is 36.8 cm³/mol. The highest BCUT2D eigenvalue weighted by Gasteiger charge is 2.29. The lowest BCUT2D eigenvalue weighted by Gasteiger charge is -2.21. The maximum Gasteiger partial charge on any atom is 0.336 e. The summed E-state index contributed by atoms with van der Waals surface area (Å²) in [5.41, 5.74) is -1.64. The SMILES string of the molecule is CN(C)C[C@](C)(O)C(=O)O. The largest absolute Gasteiger partial charge is 0.479 e. The van der Waals surface area contributed by atoms with E-state index in [1.165, 1.54) is 6.92 Å². The van der Waals surface area contributed by atoms with Crippen molar-refractivity contribution in [2.45, 2.75) is 12.5 Å². The van der Waals surface area contributed by atoms with Gasteiger partial charge in [-0.05, 0) is 21.0 Å². The minimum Gasteiger partial charge on any atom is -0.479 e. The number of aliphatic hydroxyl groups is 1. The minimum absolute atomic E-state index is 0.127. The number of carboxylic acid groups (broad SMARTS) is 1. The zero-order valence-electron chi connectivity index (χ0n) is 6.46. The van der Waals surface area contributed by atoms with Crippen molar-refractivity contribution < 1.29 is 15.0 Å². The van der Waals surface area contributed by atoms with Crippen LogP contribution in [0.3, 0.4) is 0 Å². The fourth-order valence-electron chi connectivity index (χ4n) is 0.683. The van der Waals surface area contributed by atoms with Crippen LogP contribution in [0.4, 0.5) is 0 Å². The van der Waals surface area contributed by atoms with Gasteiger partial charge in [-0.3, -0.25) is 0 Å². The minimum atomic E-state index is -1.64. The molecule has 4 nitrogen and oxygen atoms in total. The first-order valence-corrected chi connectivity index (χ1v) is 2.97. The molecule has 10 heavy (non-hydrogen) atoms. The average molecular weight is 147 g/mol. The quantitative estimate of drug-likeness (QED) is 0.558. The number of carbonyl (C=O) groups is 1. The first-order valence-electron chi connectivity index (χ1n) is 2.97. The van der Waals surface area contributed by atoms with Gasteiger partial charge >= 0.3 is 5.97 Å². The molecule has 0 aromatic rings. The van der Waals surface area contributed by atoms with E-state index in [2.05, 4.69) is 0 Å². The van der Waals surface area contributed by atoms with Gasteiger partial charge in [0.2, 0.25) is 0 Å². The molecule has 0 spiro atoms. The van der Waals surface area contributed by atoms with Gasteiger partial charge in [0.05, 0.1) is 0 Å². The molecule has 1 atom stereocenters. The summed E-state index contributed by atoms with van der Waals surface area (Å²) >= 11 is 0. The van der Waals surface area contributed by atoms with E-state index in [1.807, 2.05) is 0 Å². The van der Waals surface area contributed by atoms with E-state index < -0.39 is 11.6 Å². The van der Waals surface area contributed by atoms with E-state index in [-0.39, 0.29) is 6.54 Å². The van der Waals surface area contributed by atoms with Gasteiger partial charge in [0.1, 0.15) is 0 Å². The highest BCUT2D eigenvalue weighted by molar-refractivity contribution is 5.76. The number of nitrogens with zero attached hydrogens (tertiary/aromatic N) is 1. The molecule has 0 saturated carbocycles. The summed E-state index contributed by atoms with van der Waals surface area (Å²) < 4.78 is 0. The molecule has 0 bridgehead atoms. The summed E-state index contributed by atoms with van der Waals surface area (Å²) in [6, 6.07) is 0. The predicted octanol–water partition coefficient (Wildman–Crippen LogP) is -0.616. The van der Waals surface area contributed by atoms with Crippen LogP contribution in [0.2, 0.25) is 0 Å². The summed E-state index contributed by atoms with van der Waals surface area (Å²) in [5, 5.41) is 17.5. The van der Waals surface area contributed by atoms with Crippen molar-refractivity contribution in [1.29, 1.82) is 0 Å². The van der Waals surface area contributed by atoms with E-state index in [0.717, 1.165) is 0 Å². The van der Waals surface area contributed by atoms with Gasteiger partial charge < -0.3 is 15.1 Å². The highest BCUT2D eigenvalue weighted by atomic mass is 16.4. The zero-order chi connectivity index (χ0) is 8.36. The molecule has 0 aliphatic carbocycles. The Labute approximate surface area is 60.1 Å². The molecule has 0 aliphatic heterocycles. The third-order valence-electron chi connectivity index (χ3n) is 1.08. The standard InChI is InChI=1S/C6H13NO3/c1-6(10,5(8)9)4-7(2)3/h10H,4H2,1-3H3,(H,8,9)/t6-/m0/s1. The Kier molecular flexibility index (Phi) is 2.80. The molecule has 0 aliphatic rings. The summed E-state index contributed by atoms with van der Waals surface area (Å²) in [7, 11) is 3.41. The second-order valence-corrected chi connectivity index (χ2v) is 2.82. The number of hydrogen-bond acceptors (Lipinski definition) is 3. The van der Waals surface area contributed by atoms with Gasteiger partial charge in [-0.25, -0.2) is 4.79 Å². The van der Waals surface area contributed by atoms with Crippen LogP contribution < -0.4 is 0 Å². The Bertz CT molecular complexity index is 131. The fraction of sp³-hybridized carbons (Fsp3) is 0.833. The highest BCUT2D eigenvalue weighted by Crippen LogP contribution is 2.03. The third kappa shape index (κ3) is 2.80. The number of aliphatic carboxylic acids is 1. The van der Waals surface area contributed by atoms with Crippen LogP contribution in [-0.2, 0) is 4.79 Å². The molecule has 0 rings (SSSR count). The van der Waals surface area contributed by atoms with Crippen molar-refractivity contribution in [3.8, 4) is 0 Å². The summed E-state index contributed by atoms with van der Waals surface area (Å²) in [5.74, 6) is -1.19. The lowest BCUT2D eigenvalue weighted by Crippen LogP contribution is -2.44. The molecule has 0 heterocycles. The van der Waals surface area contributed by atoms with Gasteiger partial charge in [-0.2, -0.15) is 0 Å². The topological polar surface area (TPSA) is 60.8 Å². The lowest BCUT2D eigenvalue weighted by molar-refractivity contribution is -0.157. The second-order valence-electron chi connectivity index (χ2n) is 2.82. The number of likely N-dealkylation sites (N-methyl/N-ethyl adjacent to an activating group) is 1. The number of rotatable bonds is 3. The fourth-order valence-corrected chi connectivity index (χ4v) is 0.683. The third-order valence-corrected chi connectivity index (χ3v) is 1.08. The van der Waals surface area contributed by atoms with E-state index >= 15 is 0 Å². The van der Waals surface area contributed by atoms with E-state index in [0.29, 0.717) is 0 Å². The van der Waals surface area contributed by atoms with Crippen molar-refractivity contribution in [2.75, 3.05) is 20.6 Å². The maximum atomic E-state index is 10.3. The first kappa shape index (κ1) is 9.39. The van der Waals surface area contributed by atoms with Gasteiger partial charge in [0, 0.05) is 6.54 Å². The summed E-state index contributed by atoms with van der Waals surface area (Å²) in [6.07, 6.45) is 0. The maximum absolute atomic E-state index is 10.3. The molecule has 0 fully saturated rings. The lowest BCUT2D eigenvalue weighted by atomic mass is 10.1. The molecule has 0 aromatic heterocycles. The van der Waals surface area contributed by atoms with Gasteiger partial charge in [0.15, 0.2) is 5.60 Å². The van der Waals surface area contributed by atoms with Crippen molar-refractivity contribution in [1.82, 2.24) is 4.90 Å². The van der Waals surface area contributed by atoms with Crippen LogP contribution in [0.5, 0.6) is 0 Å². The summed E-state index contributed by atoms with van der Waals surface area (Å²) in [6.45, 7) is 1.40. The van der Waals surface area contributed by atoms with Crippen LogP contribution >= 0.6 is 0 Å². The Morgan fingerprint density at radius 2 is 2.00 bits per heavy atom. The van der Waals surface area contributed by atoms with Crippen molar-refractivity contribution in [3.63, 3.8) is 0 Å². The molecule has 60 valence electrons. The Morgan fingerprint density at radius 3 is 2.10 bits per heavy atom. The Balaban J connectivity index is 4.00. The molecule has 0 aromatic carbocycles. The molecular formula is C6H13NO3. The van der Waals surface area contributed by atoms with E-state index in [1.54, 1.807) is 19.0 Å². The smallest absolute Gasteiger partial charge is 0.336 e. The van der Waals surface area contributed by atoms with E-state index in [4.69, 9.17) is 10.2 Å². The zero-order valence-corrected chi connectivity index (χ0v) is 6.46. The van der Waals surface area contributed by atoms with Crippen LogP contribution in [-0.4, -0.2) is 47.3 Å². The molecule has 4 heteroatoms. The molecule has 0 unspecified atom stereocenters. The second kappa shape index (κ2) is 2.98. The van der Waals surface area contributed by atoms with Gasteiger partial charge in [-0.15, -0.1) is 0 Å². The Hall–Kier alpha value is -0.610. The first-order chi connectivity index (χ1) is 4.36. The number of hydrogen-bond donors (Lipinski definition) is 2. The van der Waals surface area contributed by atoms with Crippen LogP contribution in [0, 0.1) is 0 Å². The van der Waals surface area contributed by atoms with Gasteiger partial charge in [0.25, 0.3) is 0 Å². The van der Waals surface area contributed by atoms with Gasteiger partial charge in [-0.1, -0.05) is 0 Å². The molecule has 0 amide bonds. The molecular weight excluding hydrogens is 134 g/mol. The van der Waals surface area contributed by atoms with E-state index in [9.17, 15) is 4.79 Å². The van der Waals surface area contributed by atoms with Crippen molar-refractivity contribution in [2.24, 2.45) is 0 Å². The van der Waals surface area contributed by atoms with Crippen LogP contribution in [0.15, 0.2) is 0 Å². The molecule has 2 N–H and O–H groups in total. The van der Waals surface area contributed by atoms with Crippen LogP contribution in [0.1, 0.15) is 6.92 Å². The summed E-state index contributed by atoms with van der Waals surface area (Å²) in [4.78, 5) is 11.9.